The number of nitrogen functional groups attached to an aromatic ring is 1. The molecule has 0 amide bonds. The summed E-state index contributed by atoms with van der Waals surface area (Å²) in [5.41, 5.74) is 8.95. The molecule has 0 saturated carbocycles. The minimum Gasteiger partial charge on any atom is -0.399 e. The van der Waals surface area contributed by atoms with Crippen molar-refractivity contribution in [1.82, 2.24) is 4.98 Å². The Morgan fingerprint density at radius 2 is 1.94 bits per heavy atom. The Hall–Kier alpha value is -1.35. The van der Waals surface area contributed by atoms with Gasteiger partial charge >= 0.3 is 0 Å². The van der Waals surface area contributed by atoms with Gasteiger partial charge in [-0.25, -0.2) is 4.98 Å². The zero-order valence-corrected chi connectivity index (χ0v) is 10.3. The van der Waals surface area contributed by atoms with Crippen LogP contribution in [0.15, 0.2) is 29.6 Å². The van der Waals surface area contributed by atoms with Crippen molar-refractivity contribution < 1.29 is 0 Å². The molecule has 0 saturated heterocycles. The molecule has 2 aromatic rings. The molecule has 1 aromatic heterocycles. The van der Waals surface area contributed by atoms with Gasteiger partial charge in [-0.2, -0.15) is 0 Å². The molecule has 2 N–H and O–H groups in total. The first-order chi connectivity index (χ1) is 7.74. The fourth-order valence-corrected chi connectivity index (χ4v) is 2.46. The molecular formula is C13H16N2S. The van der Waals surface area contributed by atoms with Gasteiger partial charge in [-0.15, -0.1) is 11.3 Å². The second kappa shape index (κ2) is 5.12. The van der Waals surface area contributed by atoms with Crippen LogP contribution in [0, 0.1) is 6.92 Å². The Morgan fingerprint density at radius 1 is 1.19 bits per heavy atom. The summed E-state index contributed by atoms with van der Waals surface area (Å²) >= 11 is 1.76. The Bertz CT molecular complexity index is 445. The molecule has 2 rings (SSSR count). The van der Waals surface area contributed by atoms with Gasteiger partial charge in [-0.3, -0.25) is 0 Å². The van der Waals surface area contributed by atoms with E-state index in [0.717, 1.165) is 30.6 Å². The Labute approximate surface area is 100 Å². The van der Waals surface area contributed by atoms with Gasteiger partial charge < -0.3 is 5.73 Å². The van der Waals surface area contributed by atoms with E-state index in [0.29, 0.717) is 0 Å². The van der Waals surface area contributed by atoms with Crippen molar-refractivity contribution in [2.75, 3.05) is 5.73 Å². The van der Waals surface area contributed by atoms with E-state index in [2.05, 4.69) is 22.5 Å². The quantitative estimate of drug-likeness (QED) is 0.822. The molecule has 0 radical (unpaired) electrons. The van der Waals surface area contributed by atoms with Gasteiger partial charge in [0.15, 0.2) is 0 Å². The van der Waals surface area contributed by atoms with Gasteiger partial charge in [0.2, 0.25) is 0 Å². The largest absolute Gasteiger partial charge is 0.399 e. The summed E-state index contributed by atoms with van der Waals surface area (Å²) in [7, 11) is 0. The summed E-state index contributed by atoms with van der Waals surface area (Å²) in [4.78, 5) is 4.45. The minimum atomic E-state index is 0.833. The van der Waals surface area contributed by atoms with Crippen LogP contribution in [0.5, 0.6) is 0 Å². The van der Waals surface area contributed by atoms with Gasteiger partial charge in [0.1, 0.15) is 0 Å². The van der Waals surface area contributed by atoms with E-state index in [4.69, 9.17) is 5.73 Å². The molecule has 1 heterocycles. The molecule has 16 heavy (non-hydrogen) atoms. The number of rotatable bonds is 4. The SMILES string of the molecule is Cc1csc(CCCc2ccc(N)cc2)n1. The van der Waals surface area contributed by atoms with Crippen molar-refractivity contribution in [3.8, 4) is 0 Å². The molecule has 0 fully saturated rings. The van der Waals surface area contributed by atoms with E-state index in [-0.39, 0.29) is 0 Å². The van der Waals surface area contributed by atoms with Gasteiger partial charge in [0.05, 0.1) is 5.01 Å². The van der Waals surface area contributed by atoms with Crippen LogP contribution in [0.2, 0.25) is 0 Å². The fraction of sp³-hybridized carbons (Fsp3) is 0.308. The molecule has 2 nitrogen and oxygen atoms in total. The highest BCUT2D eigenvalue weighted by Gasteiger charge is 1.99. The predicted octanol–water partition coefficient (Wildman–Crippen LogP) is 3.21. The van der Waals surface area contributed by atoms with Crippen LogP contribution >= 0.6 is 11.3 Å². The fourth-order valence-electron chi connectivity index (χ4n) is 1.65. The van der Waals surface area contributed by atoms with Crippen LogP contribution in [-0.2, 0) is 12.8 Å². The Balaban J connectivity index is 1.82. The highest BCUT2D eigenvalue weighted by atomic mass is 32.1. The van der Waals surface area contributed by atoms with E-state index in [9.17, 15) is 0 Å². The molecule has 0 atom stereocenters. The number of aryl methyl sites for hydroxylation is 3. The molecule has 0 unspecified atom stereocenters. The van der Waals surface area contributed by atoms with Crippen molar-refractivity contribution in [2.24, 2.45) is 0 Å². The van der Waals surface area contributed by atoms with E-state index in [1.54, 1.807) is 11.3 Å². The third-order valence-corrected chi connectivity index (χ3v) is 3.53. The lowest BCUT2D eigenvalue weighted by atomic mass is 10.1. The molecule has 0 aliphatic rings. The lowest BCUT2D eigenvalue weighted by molar-refractivity contribution is 0.812. The average Bonchev–Trinajstić information content (AvgIpc) is 2.67. The third kappa shape index (κ3) is 3.07. The first kappa shape index (κ1) is 11.1. The van der Waals surface area contributed by atoms with Crippen LogP contribution in [0.25, 0.3) is 0 Å². The smallest absolute Gasteiger partial charge is 0.0928 e. The summed E-state index contributed by atoms with van der Waals surface area (Å²) in [6.45, 7) is 2.04. The van der Waals surface area contributed by atoms with Gasteiger partial charge in [-0.05, 0) is 43.9 Å². The number of thiazole rings is 1. The number of hydrogen-bond acceptors (Lipinski definition) is 3. The van der Waals surface area contributed by atoms with E-state index in [1.165, 1.54) is 10.6 Å². The molecular weight excluding hydrogens is 216 g/mol. The Morgan fingerprint density at radius 3 is 2.56 bits per heavy atom. The van der Waals surface area contributed by atoms with E-state index in [1.807, 2.05) is 19.1 Å². The van der Waals surface area contributed by atoms with Crippen molar-refractivity contribution in [2.45, 2.75) is 26.2 Å². The number of nitrogens with zero attached hydrogens (tertiary/aromatic N) is 1. The van der Waals surface area contributed by atoms with Crippen LogP contribution in [-0.4, -0.2) is 4.98 Å². The first-order valence-electron chi connectivity index (χ1n) is 5.49. The molecule has 0 spiro atoms. The number of hydrogen-bond donors (Lipinski definition) is 1. The van der Waals surface area contributed by atoms with Crippen molar-refractivity contribution in [3.05, 3.63) is 45.9 Å². The summed E-state index contributed by atoms with van der Waals surface area (Å²) in [5, 5.41) is 3.35. The molecule has 0 aliphatic carbocycles. The topological polar surface area (TPSA) is 38.9 Å². The van der Waals surface area contributed by atoms with E-state index < -0.39 is 0 Å². The van der Waals surface area contributed by atoms with Crippen LogP contribution in [0.1, 0.15) is 22.7 Å². The summed E-state index contributed by atoms with van der Waals surface area (Å²) < 4.78 is 0. The van der Waals surface area contributed by atoms with Crippen molar-refractivity contribution in [3.63, 3.8) is 0 Å². The highest BCUT2D eigenvalue weighted by molar-refractivity contribution is 7.09. The lowest BCUT2D eigenvalue weighted by Crippen LogP contribution is -1.91. The van der Waals surface area contributed by atoms with Gasteiger partial charge in [0.25, 0.3) is 0 Å². The number of aromatic nitrogens is 1. The van der Waals surface area contributed by atoms with Gasteiger partial charge in [0, 0.05) is 16.8 Å². The number of anilines is 1. The highest BCUT2D eigenvalue weighted by Crippen LogP contribution is 2.13. The van der Waals surface area contributed by atoms with Crippen LogP contribution < -0.4 is 5.73 Å². The summed E-state index contributed by atoms with van der Waals surface area (Å²) in [6, 6.07) is 8.12. The summed E-state index contributed by atoms with van der Waals surface area (Å²) in [6.07, 6.45) is 3.32. The zero-order chi connectivity index (χ0) is 11.4. The van der Waals surface area contributed by atoms with Crippen molar-refractivity contribution >= 4 is 17.0 Å². The van der Waals surface area contributed by atoms with E-state index >= 15 is 0 Å². The monoisotopic (exact) mass is 232 g/mol. The second-order valence-electron chi connectivity index (χ2n) is 3.98. The standard InChI is InChI=1S/C13H16N2S/c1-10-9-16-13(15-10)4-2-3-11-5-7-12(14)8-6-11/h5-9H,2-4,14H2,1H3. The maximum Gasteiger partial charge on any atom is 0.0928 e. The Kier molecular flexibility index (Phi) is 3.57. The second-order valence-corrected chi connectivity index (χ2v) is 4.92. The molecule has 1 aromatic carbocycles. The number of benzene rings is 1. The maximum atomic E-state index is 5.64. The van der Waals surface area contributed by atoms with Crippen LogP contribution in [0.3, 0.4) is 0 Å². The number of nitrogens with two attached hydrogens (primary N) is 1. The predicted molar refractivity (Wildman–Crippen MR) is 69.7 cm³/mol. The van der Waals surface area contributed by atoms with Crippen molar-refractivity contribution in [1.29, 1.82) is 0 Å². The molecule has 3 heteroatoms. The molecule has 0 bridgehead atoms. The first-order valence-corrected chi connectivity index (χ1v) is 6.37. The third-order valence-electron chi connectivity index (χ3n) is 2.50. The minimum absolute atomic E-state index is 0.833. The van der Waals surface area contributed by atoms with Crippen LogP contribution in [0.4, 0.5) is 5.69 Å². The zero-order valence-electron chi connectivity index (χ0n) is 9.44. The molecule has 84 valence electrons. The average molecular weight is 232 g/mol. The lowest BCUT2D eigenvalue weighted by Gasteiger charge is -2.00. The van der Waals surface area contributed by atoms with Gasteiger partial charge in [-0.1, -0.05) is 12.1 Å². The maximum absolute atomic E-state index is 5.64. The normalized spacial score (nSPS) is 10.6. The summed E-state index contributed by atoms with van der Waals surface area (Å²) in [5.74, 6) is 0. The molecule has 0 aliphatic heterocycles.